The van der Waals surface area contributed by atoms with E-state index in [-0.39, 0.29) is 0 Å². The predicted molar refractivity (Wildman–Crippen MR) is 21.6 cm³/mol. The lowest BCUT2D eigenvalue weighted by Crippen LogP contribution is -1.88. The minimum atomic E-state index is -0.444. The number of rotatable bonds is 2. The van der Waals surface area contributed by atoms with Gasteiger partial charge in [0.15, 0.2) is 0 Å². The summed E-state index contributed by atoms with van der Waals surface area (Å²) in [5.41, 5.74) is 0. The molecule has 0 saturated carbocycles. The van der Waals surface area contributed by atoms with Gasteiger partial charge >= 0.3 is 0 Å². The number of hydrogen-bond acceptors (Lipinski definition) is 2. The van der Waals surface area contributed by atoms with Crippen LogP contribution in [0.15, 0.2) is 0 Å². The van der Waals surface area contributed by atoms with E-state index in [9.17, 15) is 10.1 Å². The molecule has 0 spiro atoms. The second kappa shape index (κ2) is 2.63. The van der Waals surface area contributed by atoms with Crippen LogP contribution in [0.4, 0.5) is 0 Å². The van der Waals surface area contributed by atoms with Crippen LogP contribution in [0.2, 0.25) is 0 Å². The molecule has 1 radical (unpaired) electrons. The van der Waals surface area contributed by atoms with Gasteiger partial charge in [0.25, 0.3) is 6.54 Å². The summed E-state index contributed by atoms with van der Waals surface area (Å²) >= 11 is 0. The molecule has 0 fully saturated rings. The molecule has 0 heterocycles. The molecule has 0 N–H and O–H groups in total. The van der Waals surface area contributed by atoms with E-state index in [1.165, 1.54) is 0 Å². The molecule has 6 heavy (non-hydrogen) atoms. The van der Waals surface area contributed by atoms with Crippen molar-refractivity contribution >= 4 is 0 Å². The molecule has 0 aromatic rings. The smallest absolute Gasteiger partial charge is 0.264 e. The van der Waals surface area contributed by atoms with E-state index < -0.39 is 4.92 Å². The average molecular weight is 88.1 g/mol. The molecule has 0 aromatic heterocycles. The highest BCUT2D eigenvalue weighted by atomic mass is 16.6. The van der Waals surface area contributed by atoms with Crippen molar-refractivity contribution < 1.29 is 4.92 Å². The number of nitrogens with zero attached hydrogens (tertiary/aromatic N) is 1. The lowest BCUT2D eigenvalue weighted by atomic mass is 10.5. The van der Waals surface area contributed by atoms with Gasteiger partial charge in [0.2, 0.25) is 0 Å². The lowest BCUT2D eigenvalue weighted by molar-refractivity contribution is -0.437. The van der Waals surface area contributed by atoms with E-state index in [2.05, 4.69) is 0 Å². The minimum absolute atomic E-state index is 0.444. The highest BCUT2D eigenvalue weighted by Crippen LogP contribution is 1.80. The Kier molecular flexibility index (Phi) is 2.36. The summed E-state index contributed by atoms with van der Waals surface area (Å²) in [5, 5.41) is 9.35. The normalized spacial score (nSPS) is 8.17. The van der Waals surface area contributed by atoms with Gasteiger partial charge in [-0.15, -0.1) is 0 Å². The highest BCUT2D eigenvalue weighted by molar-refractivity contribution is 4.38. The van der Waals surface area contributed by atoms with Crippen molar-refractivity contribution in [1.82, 2.24) is 0 Å². The van der Waals surface area contributed by atoms with Crippen LogP contribution < -0.4 is 0 Å². The third-order valence-electron chi connectivity index (χ3n) is 0.332. The molecule has 0 aliphatic rings. The zero-order valence-electron chi connectivity index (χ0n) is 3.55. The molecule has 0 bridgehead atoms. The first-order chi connectivity index (χ1) is 2.77. The molecule has 0 amide bonds. The van der Waals surface area contributed by atoms with Crippen molar-refractivity contribution in [3.8, 4) is 0 Å². The lowest BCUT2D eigenvalue weighted by Gasteiger charge is -1.77. The molecule has 0 aromatic carbocycles. The SMILES string of the molecule is CC[CH][N+](=O)[O-]. The van der Waals surface area contributed by atoms with E-state index in [0.717, 1.165) is 6.54 Å². The van der Waals surface area contributed by atoms with E-state index in [1.807, 2.05) is 0 Å². The molecule has 0 saturated heterocycles. The van der Waals surface area contributed by atoms with Crippen molar-refractivity contribution in [1.29, 1.82) is 0 Å². The monoisotopic (exact) mass is 88.0 g/mol. The Morgan fingerprint density at radius 3 is 2.50 bits per heavy atom. The summed E-state index contributed by atoms with van der Waals surface area (Å²) in [6, 6.07) is 0. The summed E-state index contributed by atoms with van der Waals surface area (Å²) in [7, 11) is 0. The van der Waals surface area contributed by atoms with E-state index >= 15 is 0 Å². The number of nitro groups is 1. The number of hydrogen-bond donors (Lipinski definition) is 0. The van der Waals surface area contributed by atoms with Crippen LogP contribution in [0.3, 0.4) is 0 Å². The first-order valence-electron chi connectivity index (χ1n) is 1.74. The molecular weight excluding hydrogens is 82.0 g/mol. The van der Waals surface area contributed by atoms with Gasteiger partial charge in [-0.2, -0.15) is 0 Å². The molecule has 0 rings (SSSR count). The first kappa shape index (κ1) is 5.40. The zero-order valence-corrected chi connectivity index (χ0v) is 3.55. The second-order valence-corrected chi connectivity index (χ2v) is 0.876. The molecule has 3 nitrogen and oxygen atoms in total. The average Bonchev–Trinajstić information content (AvgIpc) is 1.35. The zero-order chi connectivity index (χ0) is 4.99. The fourth-order valence-electron chi connectivity index (χ4n) is 0.149. The van der Waals surface area contributed by atoms with Crippen LogP contribution in [0.25, 0.3) is 0 Å². The van der Waals surface area contributed by atoms with Crippen LogP contribution >= 0.6 is 0 Å². The molecule has 0 unspecified atom stereocenters. The Morgan fingerprint density at radius 1 is 2.00 bits per heavy atom. The second-order valence-electron chi connectivity index (χ2n) is 0.876. The molecule has 0 aliphatic heterocycles. The first-order valence-corrected chi connectivity index (χ1v) is 1.74. The third-order valence-corrected chi connectivity index (χ3v) is 0.332. The fourth-order valence-corrected chi connectivity index (χ4v) is 0.149. The van der Waals surface area contributed by atoms with Crippen molar-refractivity contribution in [3.63, 3.8) is 0 Å². The van der Waals surface area contributed by atoms with Crippen molar-refractivity contribution in [2.24, 2.45) is 0 Å². The molecule has 0 atom stereocenters. The summed E-state index contributed by atoms with van der Waals surface area (Å²) in [5.74, 6) is 0. The van der Waals surface area contributed by atoms with Crippen LogP contribution in [0, 0.1) is 16.7 Å². The molecule has 0 aliphatic carbocycles. The Balaban J connectivity index is 2.83. The Hall–Kier alpha value is -0.600. The van der Waals surface area contributed by atoms with Gasteiger partial charge in [0.1, 0.15) is 0 Å². The predicted octanol–water partition coefficient (Wildman–Crippen LogP) is 0.835. The highest BCUT2D eigenvalue weighted by Gasteiger charge is 1.89. The topological polar surface area (TPSA) is 43.1 Å². The minimum Gasteiger partial charge on any atom is -0.264 e. The van der Waals surface area contributed by atoms with E-state index in [1.54, 1.807) is 6.92 Å². The van der Waals surface area contributed by atoms with Crippen LogP contribution in [0.5, 0.6) is 0 Å². The van der Waals surface area contributed by atoms with Crippen molar-refractivity contribution in [3.05, 3.63) is 16.7 Å². The van der Waals surface area contributed by atoms with Crippen molar-refractivity contribution in [2.45, 2.75) is 13.3 Å². The maximum absolute atomic E-state index is 9.35. The summed E-state index contributed by atoms with van der Waals surface area (Å²) in [4.78, 5) is 8.90. The largest absolute Gasteiger partial charge is 0.278 e. The fraction of sp³-hybridized carbons (Fsp3) is 0.667. The maximum atomic E-state index is 9.35. The van der Waals surface area contributed by atoms with Gasteiger partial charge in [0, 0.05) is 11.3 Å². The summed E-state index contributed by atoms with van der Waals surface area (Å²) in [6.45, 7) is 2.74. The Morgan fingerprint density at radius 2 is 2.50 bits per heavy atom. The van der Waals surface area contributed by atoms with E-state index in [0.29, 0.717) is 6.42 Å². The standard InChI is InChI=1S/C3H6NO2/c1-2-3-4(5)6/h3H,2H2,1H3. The van der Waals surface area contributed by atoms with Gasteiger partial charge in [-0.1, -0.05) is 6.92 Å². The van der Waals surface area contributed by atoms with Gasteiger partial charge < -0.3 is 0 Å². The maximum Gasteiger partial charge on any atom is 0.278 e. The van der Waals surface area contributed by atoms with Gasteiger partial charge in [0.05, 0.1) is 0 Å². The van der Waals surface area contributed by atoms with Crippen LogP contribution in [-0.2, 0) is 0 Å². The van der Waals surface area contributed by atoms with Gasteiger partial charge in [-0.05, 0) is 0 Å². The van der Waals surface area contributed by atoms with Crippen molar-refractivity contribution in [2.75, 3.05) is 0 Å². The Bertz CT molecular complexity index is 52.8. The quantitative estimate of drug-likeness (QED) is 0.370. The summed E-state index contributed by atoms with van der Waals surface area (Å²) in [6.07, 6.45) is 0.507. The van der Waals surface area contributed by atoms with E-state index in [4.69, 9.17) is 0 Å². The third kappa shape index (κ3) is 3.40. The van der Waals surface area contributed by atoms with Crippen LogP contribution in [-0.4, -0.2) is 4.92 Å². The van der Waals surface area contributed by atoms with Gasteiger partial charge in [-0.3, -0.25) is 10.1 Å². The molecule has 35 valence electrons. The molecular formula is C3H6NO2. The Labute approximate surface area is 36.1 Å². The molecule has 3 heteroatoms. The van der Waals surface area contributed by atoms with Crippen LogP contribution in [0.1, 0.15) is 13.3 Å². The van der Waals surface area contributed by atoms with Gasteiger partial charge in [-0.25, -0.2) is 0 Å². The summed E-state index contributed by atoms with van der Waals surface area (Å²) < 4.78 is 0.